The monoisotopic (exact) mass is 486 g/mol. The molecule has 0 spiro atoms. The van der Waals surface area contributed by atoms with Crippen LogP contribution >= 0.6 is 23.2 Å². The Kier molecular flexibility index (Phi) is 6.01. The molecule has 1 aromatic heterocycles. The maximum atomic E-state index is 13.2. The zero-order valence-electron chi connectivity index (χ0n) is 17.7. The van der Waals surface area contributed by atoms with Gasteiger partial charge in [-0.05, 0) is 42.5 Å². The minimum absolute atomic E-state index is 0.170. The largest absolute Gasteiger partial charge is 0.337 e. The van der Waals surface area contributed by atoms with E-state index < -0.39 is 0 Å². The van der Waals surface area contributed by atoms with E-state index in [-0.39, 0.29) is 11.6 Å². The fourth-order valence-corrected chi connectivity index (χ4v) is 4.02. The molecule has 1 heterocycles. The van der Waals surface area contributed by atoms with E-state index in [1.165, 1.54) is 24.3 Å². The van der Waals surface area contributed by atoms with Gasteiger partial charge in [-0.25, -0.2) is 9.37 Å². The molecule has 0 aliphatic rings. The van der Waals surface area contributed by atoms with Gasteiger partial charge in [-0.1, -0.05) is 77.8 Å². The zero-order valence-corrected chi connectivity index (χ0v) is 19.2. The number of aromatic nitrogens is 2. The second kappa shape index (κ2) is 9.26. The Bertz CT molecular complexity index is 1480. The van der Waals surface area contributed by atoms with Crippen LogP contribution in [0, 0.1) is 5.82 Å². The average molecular weight is 487 g/mol. The lowest BCUT2D eigenvalue weighted by molar-refractivity contribution is 0.103. The molecule has 0 fully saturated rings. The molecule has 166 valence electrons. The number of H-pyrrole nitrogens is 1. The van der Waals surface area contributed by atoms with Crippen LogP contribution in [0.2, 0.25) is 10.0 Å². The van der Waals surface area contributed by atoms with Crippen LogP contribution in [0.1, 0.15) is 15.9 Å². The SMILES string of the molecule is O=C(c1ccc(F)cc1)c1ccc(-c2[nH]c(-c3ccc(Cl)c(Cl)c3)nc2-c2ccccc2)cc1. The lowest BCUT2D eigenvalue weighted by atomic mass is 10.00. The molecule has 0 aliphatic heterocycles. The number of carbonyl (C=O) groups is 1. The fraction of sp³-hybridized carbons (Fsp3) is 0. The van der Waals surface area contributed by atoms with Crippen LogP contribution in [0.4, 0.5) is 4.39 Å². The third kappa shape index (κ3) is 4.38. The second-order valence-electron chi connectivity index (χ2n) is 7.72. The first-order chi connectivity index (χ1) is 16.5. The topological polar surface area (TPSA) is 45.8 Å². The molecule has 34 heavy (non-hydrogen) atoms. The first-order valence-corrected chi connectivity index (χ1v) is 11.3. The number of halogens is 3. The summed E-state index contributed by atoms with van der Waals surface area (Å²) in [5.74, 6) is 0.104. The van der Waals surface area contributed by atoms with Gasteiger partial charge in [-0.2, -0.15) is 0 Å². The average Bonchev–Trinajstić information content (AvgIpc) is 3.32. The highest BCUT2D eigenvalue weighted by Gasteiger charge is 2.17. The molecule has 0 aliphatic carbocycles. The van der Waals surface area contributed by atoms with Gasteiger partial charge >= 0.3 is 0 Å². The Balaban J connectivity index is 1.55. The van der Waals surface area contributed by atoms with E-state index in [0.29, 0.717) is 27.0 Å². The third-order valence-corrected chi connectivity index (χ3v) is 6.23. The summed E-state index contributed by atoms with van der Waals surface area (Å²) in [5, 5.41) is 0.920. The third-order valence-electron chi connectivity index (χ3n) is 5.49. The summed E-state index contributed by atoms with van der Waals surface area (Å²) < 4.78 is 13.2. The Morgan fingerprint density at radius 2 is 1.32 bits per heavy atom. The van der Waals surface area contributed by atoms with Crippen molar-refractivity contribution in [1.82, 2.24) is 9.97 Å². The van der Waals surface area contributed by atoms with Gasteiger partial charge in [-0.15, -0.1) is 0 Å². The maximum Gasteiger partial charge on any atom is 0.193 e. The van der Waals surface area contributed by atoms with E-state index in [4.69, 9.17) is 28.2 Å². The van der Waals surface area contributed by atoms with Crippen molar-refractivity contribution >= 4 is 29.0 Å². The number of carbonyl (C=O) groups excluding carboxylic acids is 1. The number of rotatable bonds is 5. The van der Waals surface area contributed by atoms with Crippen LogP contribution in [0.5, 0.6) is 0 Å². The molecule has 0 unspecified atom stereocenters. The molecule has 0 atom stereocenters. The lowest BCUT2D eigenvalue weighted by Gasteiger charge is -2.06. The van der Waals surface area contributed by atoms with Gasteiger partial charge in [0, 0.05) is 27.8 Å². The Hall–Kier alpha value is -3.73. The minimum Gasteiger partial charge on any atom is -0.337 e. The number of benzene rings is 4. The highest BCUT2D eigenvalue weighted by atomic mass is 35.5. The molecule has 0 amide bonds. The predicted octanol–water partition coefficient (Wildman–Crippen LogP) is 8.09. The van der Waals surface area contributed by atoms with E-state index in [9.17, 15) is 9.18 Å². The first kappa shape index (κ1) is 22.1. The van der Waals surface area contributed by atoms with E-state index in [0.717, 1.165) is 28.1 Å². The summed E-state index contributed by atoms with van der Waals surface area (Å²) in [4.78, 5) is 21.0. The number of imidazole rings is 1. The smallest absolute Gasteiger partial charge is 0.193 e. The van der Waals surface area contributed by atoms with Crippen molar-refractivity contribution in [1.29, 1.82) is 0 Å². The molecule has 5 aromatic rings. The Morgan fingerprint density at radius 1 is 0.706 bits per heavy atom. The molecule has 4 aromatic carbocycles. The van der Waals surface area contributed by atoms with E-state index >= 15 is 0 Å². The molecule has 0 saturated heterocycles. The maximum absolute atomic E-state index is 13.2. The van der Waals surface area contributed by atoms with Crippen molar-refractivity contribution in [2.24, 2.45) is 0 Å². The van der Waals surface area contributed by atoms with Crippen molar-refractivity contribution < 1.29 is 9.18 Å². The standard InChI is InChI=1S/C28H17Cl2FN2O/c29-23-15-12-21(16-24(23)30)28-32-25(17-4-2-1-3-5-17)26(33-28)18-6-8-19(9-7-18)27(34)20-10-13-22(31)14-11-20/h1-16H,(H,32,33). The van der Waals surface area contributed by atoms with Crippen molar-refractivity contribution in [2.45, 2.75) is 0 Å². The summed E-state index contributed by atoms with van der Waals surface area (Å²) in [6.07, 6.45) is 0. The number of aromatic amines is 1. The number of nitrogens with zero attached hydrogens (tertiary/aromatic N) is 1. The number of hydrogen-bond donors (Lipinski definition) is 1. The quantitative estimate of drug-likeness (QED) is 0.255. The van der Waals surface area contributed by atoms with Crippen LogP contribution in [0.3, 0.4) is 0 Å². The summed E-state index contributed by atoms with van der Waals surface area (Å²) in [6, 6.07) is 28.0. The first-order valence-electron chi connectivity index (χ1n) is 10.5. The molecule has 5 rings (SSSR count). The van der Waals surface area contributed by atoms with Gasteiger partial charge in [0.1, 0.15) is 11.6 Å². The normalized spacial score (nSPS) is 10.9. The molecule has 0 radical (unpaired) electrons. The van der Waals surface area contributed by atoms with Gasteiger partial charge in [-0.3, -0.25) is 4.79 Å². The van der Waals surface area contributed by atoms with Crippen LogP contribution in [-0.2, 0) is 0 Å². The molecular formula is C28H17Cl2FN2O. The van der Waals surface area contributed by atoms with Crippen molar-refractivity contribution in [3.05, 3.63) is 124 Å². The van der Waals surface area contributed by atoms with Gasteiger partial charge in [0.15, 0.2) is 5.78 Å². The molecule has 0 bridgehead atoms. The van der Waals surface area contributed by atoms with Crippen molar-refractivity contribution in [3.8, 4) is 33.9 Å². The van der Waals surface area contributed by atoms with Crippen LogP contribution in [0.15, 0.2) is 97.1 Å². The molecule has 3 nitrogen and oxygen atoms in total. The van der Waals surface area contributed by atoms with Crippen LogP contribution in [-0.4, -0.2) is 15.8 Å². The fourth-order valence-electron chi connectivity index (χ4n) is 3.72. The van der Waals surface area contributed by atoms with Crippen LogP contribution < -0.4 is 0 Å². The zero-order chi connectivity index (χ0) is 23.7. The lowest BCUT2D eigenvalue weighted by Crippen LogP contribution is -2.01. The van der Waals surface area contributed by atoms with Gasteiger partial charge in [0.2, 0.25) is 0 Å². The number of hydrogen-bond acceptors (Lipinski definition) is 2. The second-order valence-corrected chi connectivity index (χ2v) is 8.53. The number of nitrogens with one attached hydrogen (secondary N) is 1. The Labute approximate surface area is 205 Å². The van der Waals surface area contributed by atoms with E-state index in [1.54, 1.807) is 24.3 Å². The van der Waals surface area contributed by atoms with E-state index in [1.807, 2.05) is 48.5 Å². The molecule has 1 N–H and O–H groups in total. The highest BCUT2D eigenvalue weighted by Crippen LogP contribution is 2.35. The Morgan fingerprint density at radius 3 is 1.97 bits per heavy atom. The van der Waals surface area contributed by atoms with Gasteiger partial charge < -0.3 is 4.98 Å². The van der Waals surface area contributed by atoms with Gasteiger partial charge in [0.25, 0.3) is 0 Å². The van der Waals surface area contributed by atoms with Crippen molar-refractivity contribution in [3.63, 3.8) is 0 Å². The molecule has 6 heteroatoms. The van der Waals surface area contributed by atoms with E-state index in [2.05, 4.69) is 4.98 Å². The summed E-state index contributed by atoms with van der Waals surface area (Å²) in [7, 11) is 0. The number of ketones is 1. The van der Waals surface area contributed by atoms with Crippen molar-refractivity contribution in [2.75, 3.05) is 0 Å². The highest BCUT2D eigenvalue weighted by molar-refractivity contribution is 6.42. The minimum atomic E-state index is -0.377. The van der Waals surface area contributed by atoms with Crippen LogP contribution in [0.25, 0.3) is 33.9 Å². The summed E-state index contributed by atoms with van der Waals surface area (Å²) >= 11 is 12.3. The van der Waals surface area contributed by atoms with Gasteiger partial charge in [0.05, 0.1) is 21.4 Å². The summed E-state index contributed by atoms with van der Waals surface area (Å²) in [5.41, 5.74) is 5.16. The molecule has 0 saturated carbocycles. The molecular weight excluding hydrogens is 470 g/mol. The summed E-state index contributed by atoms with van der Waals surface area (Å²) in [6.45, 7) is 0. The predicted molar refractivity (Wildman–Crippen MR) is 135 cm³/mol.